The second-order valence-corrected chi connectivity index (χ2v) is 4.85. The van der Waals surface area contributed by atoms with E-state index in [-0.39, 0.29) is 5.78 Å². The van der Waals surface area contributed by atoms with E-state index in [4.69, 9.17) is 15.2 Å². The van der Waals surface area contributed by atoms with Crippen LogP contribution in [0.4, 0.5) is 0 Å². The molecule has 1 aromatic heterocycles. The van der Waals surface area contributed by atoms with Crippen LogP contribution in [0.3, 0.4) is 0 Å². The molecule has 0 radical (unpaired) electrons. The number of benzene rings is 1. The van der Waals surface area contributed by atoms with Gasteiger partial charge in [-0.05, 0) is 42.3 Å². The van der Waals surface area contributed by atoms with Crippen LogP contribution in [0.2, 0.25) is 0 Å². The van der Waals surface area contributed by atoms with E-state index in [2.05, 4.69) is 4.98 Å². The van der Waals surface area contributed by atoms with E-state index in [1.54, 1.807) is 43.6 Å². The topological polar surface area (TPSA) is 74.4 Å². The molecule has 1 aromatic carbocycles. The van der Waals surface area contributed by atoms with Crippen LogP contribution in [0.5, 0.6) is 11.6 Å². The van der Waals surface area contributed by atoms with Crippen molar-refractivity contribution in [2.75, 3.05) is 13.7 Å². The average molecular weight is 300 g/mol. The molecule has 0 aliphatic heterocycles. The van der Waals surface area contributed by atoms with Gasteiger partial charge in [-0.1, -0.05) is 0 Å². The fourth-order valence-electron chi connectivity index (χ4n) is 1.98. The van der Waals surface area contributed by atoms with Gasteiger partial charge in [-0.2, -0.15) is 0 Å². The van der Waals surface area contributed by atoms with E-state index in [1.807, 2.05) is 6.07 Å². The standard InChI is InChI=1S/C17H20N2O3/c1-21-10-2-3-16(20)14-4-6-15(7-5-14)22-17-11-13(12-18)8-9-19-17/h4-9,11H,2-3,10,12,18H2,1H3. The van der Waals surface area contributed by atoms with Crippen LogP contribution in [0.25, 0.3) is 0 Å². The first kappa shape index (κ1) is 16.1. The molecular formula is C17H20N2O3. The Labute approximate surface area is 130 Å². The number of ketones is 1. The number of Topliss-reactive ketones (excluding diaryl/α,β-unsaturated/α-hetero) is 1. The van der Waals surface area contributed by atoms with Crippen LogP contribution in [0.1, 0.15) is 28.8 Å². The van der Waals surface area contributed by atoms with Gasteiger partial charge in [0.2, 0.25) is 5.88 Å². The molecule has 0 aliphatic carbocycles. The minimum atomic E-state index is 0.104. The number of aromatic nitrogens is 1. The normalized spacial score (nSPS) is 10.5. The van der Waals surface area contributed by atoms with Crippen molar-refractivity contribution < 1.29 is 14.3 Å². The first-order chi connectivity index (χ1) is 10.7. The minimum absolute atomic E-state index is 0.104. The van der Waals surface area contributed by atoms with Gasteiger partial charge in [0, 0.05) is 44.5 Å². The highest BCUT2D eigenvalue weighted by molar-refractivity contribution is 5.96. The molecule has 0 amide bonds. The molecule has 0 aliphatic rings. The van der Waals surface area contributed by atoms with Gasteiger partial charge in [0.15, 0.2) is 5.78 Å². The number of methoxy groups -OCH3 is 1. The Morgan fingerprint density at radius 1 is 1.23 bits per heavy atom. The number of hydrogen-bond acceptors (Lipinski definition) is 5. The van der Waals surface area contributed by atoms with Crippen LogP contribution < -0.4 is 10.5 Å². The van der Waals surface area contributed by atoms with Gasteiger partial charge in [0.25, 0.3) is 0 Å². The summed E-state index contributed by atoms with van der Waals surface area (Å²) in [5, 5.41) is 0. The van der Waals surface area contributed by atoms with Crippen LogP contribution in [0, 0.1) is 0 Å². The number of carbonyl (C=O) groups excluding carboxylic acids is 1. The first-order valence-electron chi connectivity index (χ1n) is 7.18. The number of hydrogen-bond donors (Lipinski definition) is 1. The molecule has 0 saturated heterocycles. The van der Waals surface area contributed by atoms with Crippen molar-refractivity contribution in [2.45, 2.75) is 19.4 Å². The second-order valence-electron chi connectivity index (χ2n) is 4.85. The van der Waals surface area contributed by atoms with Crippen LogP contribution in [-0.2, 0) is 11.3 Å². The summed E-state index contributed by atoms with van der Waals surface area (Å²) in [5.41, 5.74) is 7.21. The summed E-state index contributed by atoms with van der Waals surface area (Å²) < 4.78 is 10.6. The summed E-state index contributed by atoms with van der Waals surface area (Å²) in [6, 6.07) is 10.7. The van der Waals surface area contributed by atoms with Gasteiger partial charge >= 0.3 is 0 Å². The SMILES string of the molecule is COCCCC(=O)c1ccc(Oc2cc(CN)ccn2)cc1. The molecule has 2 N–H and O–H groups in total. The highest BCUT2D eigenvalue weighted by Gasteiger charge is 2.06. The summed E-state index contributed by atoms with van der Waals surface area (Å²) in [4.78, 5) is 16.1. The third kappa shape index (κ3) is 4.65. The smallest absolute Gasteiger partial charge is 0.219 e. The molecule has 1 heterocycles. The number of nitrogens with two attached hydrogens (primary N) is 1. The molecular weight excluding hydrogens is 280 g/mol. The molecule has 0 unspecified atom stereocenters. The van der Waals surface area contributed by atoms with E-state index in [0.717, 1.165) is 12.0 Å². The Balaban J connectivity index is 1.97. The van der Waals surface area contributed by atoms with Gasteiger partial charge in [0.1, 0.15) is 5.75 Å². The minimum Gasteiger partial charge on any atom is -0.439 e. The molecule has 0 saturated carbocycles. The van der Waals surface area contributed by atoms with Gasteiger partial charge < -0.3 is 15.2 Å². The third-order valence-corrected chi connectivity index (χ3v) is 3.19. The van der Waals surface area contributed by atoms with Crippen molar-refractivity contribution in [3.05, 3.63) is 53.7 Å². The molecule has 5 heteroatoms. The van der Waals surface area contributed by atoms with Gasteiger partial charge in [-0.3, -0.25) is 4.79 Å². The zero-order valence-electron chi connectivity index (χ0n) is 12.6. The van der Waals surface area contributed by atoms with Crippen LogP contribution in [0.15, 0.2) is 42.6 Å². The summed E-state index contributed by atoms with van der Waals surface area (Å²) in [6.07, 6.45) is 2.86. The van der Waals surface area contributed by atoms with E-state index in [9.17, 15) is 4.79 Å². The number of pyridine rings is 1. The molecule has 0 spiro atoms. The maximum atomic E-state index is 12.0. The average Bonchev–Trinajstić information content (AvgIpc) is 2.56. The zero-order chi connectivity index (χ0) is 15.8. The zero-order valence-corrected chi connectivity index (χ0v) is 12.6. The van der Waals surface area contributed by atoms with Crippen molar-refractivity contribution >= 4 is 5.78 Å². The van der Waals surface area contributed by atoms with Crippen LogP contribution >= 0.6 is 0 Å². The summed E-state index contributed by atoms with van der Waals surface area (Å²) >= 11 is 0. The molecule has 22 heavy (non-hydrogen) atoms. The lowest BCUT2D eigenvalue weighted by Gasteiger charge is -2.07. The Morgan fingerprint density at radius 3 is 2.68 bits per heavy atom. The van der Waals surface area contributed by atoms with E-state index < -0.39 is 0 Å². The number of carbonyl (C=O) groups is 1. The number of ether oxygens (including phenoxy) is 2. The van der Waals surface area contributed by atoms with E-state index >= 15 is 0 Å². The lowest BCUT2D eigenvalue weighted by atomic mass is 10.1. The Bertz CT molecular complexity index is 612. The molecule has 0 atom stereocenters. The summed E-state index contributed by atoms with van der Waals surface area (Å²) in [6.45, 7) is 1.03. The maximum Gasteiger partial charge on any atom is 0.219 e. The van der Waals surface area contributed by atoms with Crippen molar-refractivity contribution in [1.29, 1.82) is 0 Å². The van der Waals surface area contributed by atoms with Crippen LogP contribution in [-0.4, -0.2) is 24.5 Å². The molecule has 0 bridgehead atoms. The lowest BCUT2D eigenvalue weighted by Crippen LogP contribution is -2.01. The fourth-order valence-corrected chi connectivity index (χ4v) is 1.98. The molecule has 0 fully saturated rings. The molecule has 5 nitrogen and oxygen atoms in total. The van der Waals surface area contributed by atoms with Gasteiger partial charge in [-0.15, -0.1) is 0 Å². The molecule has 2 rings (SSSR count). The Hall–Kier alpha value is -2.24. The van der Waals surface area contributed by atoms with Gasteiger partial charge in [0.05, 0.1) is 0 Å². The van der Waals surface area contributed by atoms with E-state index in [1.165, 1.54) is 0 Å². The largest absolute Gasteiger partial charge is 0.439 e. The lowest BCUT2D eigenvalue weighted by molar-refractivity contribution is 0.0963. The Kier molecular flexibility index (Phi) is 6.06. The van der Waals surface area contributed by atoms with Gasteiger partial charge in [-0.25, -0.2) is 4.98 Å². The van der Waals surface area contributed by atoms with Crippen molar-refractivity contribution in [2.24, 2.45) is 5.73 Å². The second kappa shape index (κ2) is 8.26. The summed E-state index contributed by atoms with van der Waals surface area (Å²) in [7, 11) is 1.63. The highest BCUT2D eigenvalue weighted by atomic mass is 16.5. The van der Waals surface area contributed by atoms with E-state index in [0.29, 0.717) is 36.8 Å². The van der Waals surface area contributed by atoms with Crippen molar-refractivity contribution in [3.8, 4) is 11.6 Å². The van der Waals surface area contributed by atoms with Crippen molar-refractivity contribution in [1.82, 2.24) is 4.98 Å². The predicted octanol–water partition coefficient (Wildman–Crippen LogP) is 2.94. The first-order valence-corrected chi connectivity index (χ1v) is 7.18. The summed E-state index contributed by atoms with van der Waals surface area (Å²) in [5.74, 6) is 1.23. The van der Waals surface area contributed by atoms with Crippen molar-refractivity contribution in [3.63, 3.8) is 0 Å². The Morgan fingerprint density at radius 2 is 2.00 bits per heavy atom. The number of rotatable bonds is 8. The third-order valence-electron chi connectivity index (χ3n) is 3.19. The highest BCUT2D eigenvalue weighted by Crippen LogP contribution is 2.21. The quantitative estimate of drug-likeness (QED) is 0.599. The maximum absolute atomic E-state index is 12.0. The molecule has 116 valence electrons. The fraction of sp³-hybridized carbons (Fsp3) is 0.294. The predicted molar refractivity (Wildman–Crippen MR) is 84.1 cm³/mol. The number of nitrogens with zero attached hydrogens (tertiary/aromatic N) is 1. The monoisotopic (exact) mass is 300 g/mol. The molecule has 2 aromatic rings.